The Hall–Kier alpha value is -3.14. The highest BCUT2D eigenvalue weighted by atomic mass is 31.2. The first-order valence-corrected chi connectivity index (χ1v) is 15.4. The Morgan fingerprint density at radius 3 is 2.16 bits per heavy atom. The SMILES string of the molecule is CC(=O)O[C@@H]1[C@@H](COP(=O)(N[C@@H](C)C(=O)OC(C)C)N[C@@H](C)C(=O)OC(C)C)OC(c2ccc3c(N)ncnn23)[C@]1(C)O. The van der Waals surface area contributed by atoms with Crippen molar-refractivity contribution in [3.05, 3.63) is 24.2 Å². The zero-order valence-electron chi connectivity index (χ0n) is 25.5. The van der Waals surface area contributed by atoms with Gasteiger partial charge in [-0.25, -0.2) is 19.7 Å². The maximum atomic E-state index is 14.1. The third-order valence-electron chi connectivity index (χ3n) is 6.39. The van der Waals surface area contributed by atoms with Crippen LogP contribution in [-0.2, 0) is 42.4 Å². The molecule has 16 nitrogen and oxygen atoms in total. The summed E-state index contributed by atoms with van der Waals surface area (Å²) >= 11 is 0. The summed E-state index contributed by atoms with van der Waals surface area (Å²) in [6.45, 7) is 11.5. The van der Waals surface area contributed by atoms with Gasteiger partial charge in [-0.15, -0.1) is 0 Å². The van der Waals surface area contributed by atoms with E-state index in [-0.39, 0.29) is 5.82 Å². The molecule has 3 heterocycles. The zero-order chi connectivity index (χ0) is 32.3. The summed E-state index contributed by atoms with van der Waals surface area (Å²) in [7, 11) is -4.25. The molecule has 1 fully saturated rings. The van der Waals surface area contributed by atoms with Crippen LogP contribution in [0, 0.1) is 0 Å². The van der Waals surface area contributed by atoms with Crippen molar-refractivity contribution in [1.29, 1.82) is 0 Å². The lowest BCUT2D eigenvalue weighted by Crippen LogP contribution is -2.47. The normalized spacial score (nSPS) is 23.8. The van der Waals surface area contributed by atoms with Crippen molar-refractivity contribution in [2.75, 3.05) is 12.3 Å². The molecular formula is C26H41N6O10P. The molecule has 0 aliphatic carbocycles. The van der Waals surface area contributed by atoms with Crippen LogP contribution in [0.4, 0.5) is 5.82 Å². The van der Waals surface area contributed by atoms with E-state index in [2.05, 4.69) is 20.3 Å². The Morgan fingerprint density at radius 2 is 1.65 bits per heavy atom. The van der Waals surface area contributed by atoms with Crippen molar-refractivity contribution < 1.29 is 47.5 Å². The lowest BCUT2D eigenvalue weighted by atomic mass is 9.91. The van der Waals surface area contributed by atoms with Crippen LogP contribution in [0.5, 0.6) is 0 Å². The maximum Gasteiger partial charge on any atom is 0.342 e. The van der Waals surface area contributed by atoms with Crippen LogP contribution >= 0.6 is 7.67 Å². The van der Waals surface area contributed by atoms with Gasteiger partial charge in [-0.3, -0.25) is 18.9 Å². The number of carbonyl (C=O) groups excluding carboxylic acids is 3. The molecule has 2 aromatic rings. The fraction of sp³-hybridized carbons (Fsp3) is 0.654. The molecule has 1 unspecified atom stereocenters. The molecule has 1 saturated heterocycles. The lowest BCUT2D eigenvalue weighted by Gasteiger charge is -2.30. The highest BCUT2D eigenvalue weighted by Crippen LogP contribution is 2.46. The van der Waals surface area contributed by atoms with Gasteiger partial charge >= 0.3 is 25.6 Å². The number of carbonyl (C=O) groups is 3. The standard InChI is InChI=1S/C26H41N6O10P/c1-13(2)39-24(34)15(5)30-43(37,31-16(6)25(35)40-14(3)4)38-11-20-22(41-17(7)33)26(8,36)21(42-20)18-9-10-19-23(27)28-12-29-32(18)19/h9-10,12-16,20-22,36H,11H2,1-8H3,(H2,27,28,29)(H2,30,31,37)/t15-,16-,20+,21?,22+,26-/m0/s1. The Kier molecular flexibility index (Phi) is 10.9. The highest BCUT2D eigenvalue weighted by Gasteiger charge is 2.57. The first kappa shape index (κ1) is 34.4. The molecule has 17 heteroatoms. The van der Waals surface area contributed by atoms with Gasteiger partial charge in [0.15, 0.2) is 11.9 Å². The van der Waals surface area contributed by atoms with Gasteiger partial charge in [0.05, 0.1) is 24.5 Å². The Balaban J connectivity index is 1.90. The Labute approximate surface area is 249 Å². The molecule has 0 aromatic carbocycles. The van der Waals surface area contributed by atoms with Crippen LogP contribution < -0.4 is 15.9 Å². The number of nitrogens with two attached hydrogens (primary N) is 1. The van der Waals surface area contributed by atoms with Crippen molar-refractivity contribution >= 4 is 36.9 Å². The monoisotopic (exact) mass is 628 g/mol. The van der Waals surface area contributed by atoms with E-state index in [1.807, 2.05) is 0 Å². The average Bonchev–Trinajstić information content (AvgIpc) is 3.41. The first-order valence-electron chi connectivity index (χ1n) is 13.8. The van der Waals surface area contributed by atoms with Crippen molar-refractivity contribution in [3.63, 3.8) is 0 Å². The summed E-state index contributed by atoms with van der Waals surface area (Å²) < 4.78 is 43.3. The largest absolute Gasteiger partial charge is 0.462 e. The minimum absolute atomic E-state index is 0.198. The molecule has 6 atom stereocenters. The number of nitrogen functional groups attached to an aromatic ring is 1. The molecule has 1 aliphatic rings. The quantitative estimate of drug-likeness (QED) is 0.140. The number of rotatable bonds is 13. The topological polar surface area (TPSA) is 215 Å². The number of ether oxygens (including phenoxy) is 4. The second-order valence-corrected chi connectivity index (χ2v) is 12.9. The lowest BCUT2D eigenvalue weighted by molar-refractivity contribution is -0.160. The van der Waals surface area contributed by atoms with Crippen LogP contribution in [0.25, 0.3) is 5.52 Å². The van der Waals surface area contributed by atoms with Gasteiger partial charge in [0.1, 0.15) is 41.7 Å². The summed E-state index contributed by atoms with van der Waals surface area (Å²) in [6, 6.07) is 1.02. The van der Waals surface area contributed by atoms with Crippen LogP contribution in [0.3, 0.4) is 0 Å². The fourth-order valence-corrected chi connectivity index (χ4v) is 6.34. The van der Waals surface area contributed by atoms with Crippen molar-refractivity contribution in [2.24, 2.45) is 0 Å². The number of fused-ring (bicyclic) bond motifs is 1. The molecule has 0 bridgehead atoms. The molecule has 240 valence electrons. The van der Waals surface area contributed by atoms with Gasteiger partial charge in [0.25, 0.3) is 0 Å². The second kappa shape index (κ2) is 13.7. The van der Waals surface area contributed by atoms with Gasteiger partial charge < -0.3 is 34.3 Å². The third-order valence-corrected chi connectivity index (χ3v) is 8.35. The summed E-state index contributed by atoms with van der Waals surface area (Å²) in [4.78, 5) is 41.0. The van der Waals surface area contributed by atoms with E-state index in [9.17, 15) is 24.1 Å². The van der Waals surface area contributed by atoms with Crippen LogP contribution in [0.1, 0.15) is 67.2 Å². The van der Waals surface area contributed by atoms with E-state index in [0.717, 1.165) is 0 Å². The van der Waals surface area contributed by atoms with Crippen molar-refractivity contribution in [2.45, 2.75) is 104 Å². The molecule has 5 N–H and O–H groups in total. The summed E-state index contributed by atoms with van der Waals surface area (Å²) in [5, 5.41) is 21.0. The van der Waals surface area contributed by atoms with Crippen LogP contribution in [-0.4, -0.2) is 86.3 Å². The van der Waals surface area contributed by atoms with Crippen molar-refractivity contribution in [3.8, 4) is 0 Å². The van der Waals surface area contributed by atoms with Gasteiger partial charge in [0, 0.05) is 6.92 Å². The number of aromatic nitrogens is 3. The number of aliphatic hydroxyl groups is 1. The molecule has 43 heavy (non-hydrogen) atoms. The summed E-state index contributed by atoms with van der Waals surface area (Å²) in [6.07, 6.45) is -3.20. The van der Waals surface area contributed by atoms with E-state index in [4.69, 9.17) is 29.2 Å². The third kappa shape index (κ3) is 8.28. The molecular weight excluding hydrogens is 587 g/mol. The molecule has 0 radical (unpaired) electrons. The molecule has 3 rings (SSSR count). The minimum Gasteiger partial charge on any atom is -0.462 e. The minimum atomic E-state index is -4.25. The van der Waals surface area contributed by atoms with E-state index in [1.165, 1.54) is 38.5 Å². The molecule has 0 amide bonds. The number of hydrogen-bond donors (Lipinski definition) is 4. The fourth-order valence-electron chi connectivity index (χ4n) is 4.53. The molecule has 2 aromatic heterocycles. The zero-order valence-corrected chi connectivity index (χ0v) is 26.4. The maximum absolute atomic E-state index is 14.1. The Morgan fingerprint density at radius 1 is 1.09 bits per heavy atom. The second-order valence-electron chi connectivity index (χ2n) is 11.0. The van der Waals surface area contributed by atoms with E-state index in [1.54, 1.807) is 39.8 Å². The van der Waals surface area contributed by atoms with Gasteiger partial charge in [0.2, 0.25) is 0 Å². The predicted molar refractivity (Wildman–Crippen MR) is 152 cm³/mol. The highest BCUT2D eigenvalue weighted by molar-refractivity contribution is 7.54. The number of anilines is 1. The molecule has 0 saturated carbocycles. The van der Waals surface area contributed by atoms with E-state index >= 15 is 0 Å². The number of hydrogen-bond acceptors (Lipinski definition) is 13. The van der Waals surface area contributed by atoms with Gasteiger partial charge in [-0.1, -0.05) is 0 Å². The molecule has 1 aliphatic heterocycles. The van der Waals surface area contributed by atoms with Gasteiger partial charge in [-0.2, -0.15) is 5.10 Å². The van der Waals surface area contributed by atoms with Crippen LogP contribution in [0.15, 0.2) is 18.5 Å². The predicted octanol–water partition coefficient (Wildman–Crippen LogP) is 1.42. The van der Waals surface area contributed by atoms with E-state index < -0.39 is 80.4 Å². The van der Waals surface area contributed by atoms with Gasteiger partial charge in [-0.05, 0) is 60.6 Å². The first-order chi connectivity index (χ1) is 19.9. The number of nitrogens with zero attached hydrogens (tertiary/aromatic N) is 3. The summed E-state index contributed by atoms with van der Waals surface area (Å²) in [5.41, 5.74) is 4.97. The smallest absolute Gasteiger partial charge is 0.342 e. The van der Waals surface area contributed by atoms with Crippen molar-refractivity contribution in [1.82, 2.24) is 24.8 Å². The number of esters is 3. The number of nitrogens with one attached hydrogen (secondary N) is 2. The Bertz CT molecular complexity index is 1330. The molecule has 0 spiro atoms. The van der Waals surface area contributed by atoms with Crippen LogP contribution in [0.2, 0.25) is 0 Å². The average molecular weight is 629 g/mol. The summed E-state index contributed by atoms with van der Waals surface area (Å²) in [5.74, 6) is -1.93. The van der Waals surface area contributed by atoms with E-state index in [0.29, 0.717) is 11.2 Å².